The van der Waals surface area contributed by atoms with Crippen molar-refractivity contribution in [2.24, 2.45) is 11.7 Å². The summed E-state index contributed by atoms with van der Waals surface area (Å²) in [5.74, 6) is 0.0134. The van der Waals surface area contributed by atoms with Crippen LogP contribution in [0.25, 0.3) is 0 Å². The van der Waals surface area contributed by atoms with E-state index in [2.05, 4.69) is 34.2 Å². The van der Waals surface area contributed by atoms with E-state index in [0.29, 0.717) is 0 Å². The van der Waals surface area contributed by atoms with E-state index in [1.54, 1.807) is 0 Å². The van der Waals surface area contributed by atoms with Crippen LogP contribution in [-0.2, 0) is 11.3 Å². The minimum absolute atomic E-state index is 0. The van der Waals surface area contributed by atoms with Crippen molar-refractivity contribution in [3.8, 4) is 0 Å². The van der Waals surface area contributed by atoms with Gasteiger partial charge in [-0.25, -0.2) is 0 Å². The molecule has 136 valence electrons. The minimum Gasteiger partial charge on any atom is -0.325 e. The number of hydrogen-bond acceptors (Lipinski definition) is 4. The predicted molar refractivity (Wildman–Crippen MR) is 103 cm³/mol. The first-order chi connectivity index (χ1) is 11.0. The van der Waals surface area contributed by atoms with Gasteiger partial charge in [-0.2, -0.15) is 0 Å². The lowest BCUT2D eigenvalue weighted by Crippen LogP contribution is -2.45. The molecule has 0 unspecified atom stereocenters. The largest absolute Gasteiger partial charge is 0.325 e. The van der Waals surface area contributed by atoms with Gasteiger partial charge in [0.1, 0.15) is 0 Å². The monoisotopic (exact) mass is 354 g/mol. The highest BCUT2D eigenvalue weighted by Crippen LogP contribution is 2.14. The van der Waals surface area contributed by atoms with Gasteiger partial charge in [0.05, 0.1) is 6.04 Å². The number of nitrogens with two attached hydrogens (primary N) is 1. The van der Waals surface area contributed by atoms with Crippen LogP contribution in [0.4, 0.5) is 5.69 Å². The Hall–Kier alpha value is -1.14. The first kappa shape index (κ1) is 20.9. The summed E-state index contributed by atoms with van der Waals surface area (Å²) in [7, 11) is 0. The zero-order chi connectivity index (χ0) is 16.8. The predicted octanol–water partition coefficient (Wildman–Crippen LogP) is 2.17. The molecule has 6 heteroatoms. The van der Waals surface area contributed by atoms with Gasteiger partial charge in [0.25, 0.3) is 0 Å². The van der Waals surface area contributed by atoms with Crippen LogP contribution in [0.1, 0.15) is 26.3 Å². The van der Waals surface area contributed by atoms with Gasteiger partial charge in [0.15, 0.2) is 0 Å². The van der Waals surface area contributed by atoms with Gasteiger partial charge in [0.2, 0.25) is 5.91 Å². The van der Waals surface area contributed by atoms with Gasteiger partial charge < -0.3 is 16.0 Å². The summed E-state index contributed by atoms with van der Waals surface area (Å²) in [4.78, 5) is 16.9. The lowest BCUT2D eigenvalue weighted by molar-refractivity contribution is -0.118. The summed E-state index contributed by atoms with van der Waals surface area (Å²) >= 11 is 0. The summed E-state index contributed by atoms with van der Waals surface area (Å²) in [5.41, 5.74) is 7.95. The second kappa shape index (κ2) is 9.99. The number of halogens is 1. The van der Waals surface area contributed by atoms with Crippen LogP contribution in [0.3, 0.4) is 0 Å². The standard InChI is InChI=1S/C18H30N4O.ClH/c1-4-21-9-11-22(12-10-21)13-15-5-7-16(8-6-15)20-18(23)17(19)14(2)3;/h5-8,14,17H,4,9-13,19H2,1-3H3,(H,20,23);1H/t17-;/m0./s1. The molecule has 0 aliphatic carbocycles. The van der Waals surface area contributed by atoms with Crippen molar-refractivity contribution in [2.75, 3.05) is 38.0 Å². The molecule has 0 saturated carbocycles. The molecule has 1 aliphatic rings. The lowest BCUT2D eigenvalue weighted by atomic mass is 10.0. The molecule has 1 atom stereocenters. The molecule has 0 spiro atoms. The zero-order valence-electron chi connectivity index (χ0n) is 15.0. The molecule has 0 aromatic heterocycles. The normalized spacial score (nSPS) is 17.4. The maximum absolute atomic E-state index is 12.0. The molecule has 1 heterocycles. The molecule has 1 fully saturated rings. The fourth-order valence-corrected chi connectivity index (χ4v) is 2.74. The summed E-state index contributed by atoms with van der Waals surface area (Å²) in [6.45, 7) is 12.8. The van der Waals surface area contributed by atoms with E-state index in [4.69, 9.17) is 5.73 Å². The number of amides is 1. The maximum Gasteiger partial charge on any atom is 0.241 e. The minimum atomic E-state index is -0.468. The first-order valence-corrected chi connectivity index (χ1v) is 8.59. The van der Waals surface area contributed by atoms with Crippen LogP contribution in [-0.4, -0.2) is 54.5 Å². The van der Waals surface area contributed by atoms with E-state index >= 15 is 0 Å². The molecule has 3 N–H and O–H groups in total. The van der Waals surface area contributed by atoms with Crippen LogP contribution in [0.2, 0.25) is 0 Å². The van der Waals surface area contributed by atoms with E-state index in [-0.39, 0.29) is 24.2 Å². The Kier molecular flexibility index (Phi) is 8.70. The number of carbonyl (C=O) groups is 1. The average Bonchev–Trinajstić information content (AvgIpc) is 2.56. The van der Waals surface area contributed by atoms with E-state index in [1.165, 1.54) is 5.56 Å². The van der Waals surface area contributed by atoms with E-state index in [1.807, 2.05) is 26.0 Å². The molecule has 1 aliphatic heterocycles. The SMILES string of the molecule is CCN1CCN(Cc2ccc(NC(=O)[C@@H](N)C(C)C)cc2)CC1.Cl. The molecule has 0 radical (unpaired) electrons. The summed E-state index contributed by atoms with van der Waals surface area (Å²) < 4.78 is 0. The van der Waals surface area contributed by atoms with Crippen LogP contribution in [0, 0.1) is 5.92 Å². The molecule has 24 heavy (non-hydrogen) atoms. The van der Waals surface area contributed by atoms with Crippen LogP contribution >= 0.6 is 12.4 Å². The first-order valence-electron chi connectivity index (χ1n) is 8.59. The Balaban J connectivity index is 0.00000288. The number of likely N-dealkylation sites (N-methyl/N-ethyl adjacent to an activating group) is 1. The second-order valence-electron chi connectivity index (χ2n) is 6.67. The second-order valence-corrected chi connectivity index (χ2v) is 6.67. The molecular formula is C18H31ClN4O. The molecule has 5 nitrogen and oxygen atoms in total. The third-order valence-corrected chi connectivity index (χ3v) is 4.56. The molecule has 2 rings (SSSR count). The van der Waals surface area contributed by atoms with Crippen molar-refractivity contribution in [1.82, 2.24) is 9.80 Å². The molecule has 0 bridgehead atoms. The third-order valence-electron chi connectivity index (χ3n) is 4.56. The van der Waals surface area contributed by atoms with Crippen molar-refractivity contribution in [1.29, 1.82) is 0 Å². The zero-order valence-corrected chi connectivity index (χ0v) is 15.8. The molecule has 1 saturated heterocycles. The average molecular weight is 355 g/mol. The smallest absolute Gasteiger partial charge is 0.241 e. The fraction of sp³-hybridized carbons (Fsp3) is 0.611. The van der Waals surface area contributed by atoms with Crippen molar-refractivity contribution in [3.63, 3.8) is 0 Å². The number of piperazine rings is 1. The molecule has 1 amide bonds. The third kappa shape index (κ3) is 6.06. The number of anilines is 1. The maximum atomic E-state index is 12.0. The number of benzene rings is 1. The summed E-state index contributed by atoms with van der Waals surface area (Å²) in [6, 6.07) is 7.63. The van der Waals surface area contributed by atoms with Crippen LogP contribution < -0.4 is 11.1 Å². The Morgan fingerprint density at radius 3 is 2.17 bits per heavy atom. The van der Waals surface area contributed by atoms with Crippen molar-refractivity contribution in [2.45, 2.75) is 33.4 Å². The van der Waals surface area contributed by atoms with E-state index in [9.17, 15) is 4.79 Å². The number of nitrogens with zero attached hydrogens (tertiary/aromatic N) is 2. The van der Waals surface area contributed by atoms with Gasteiger partial charge in [-0.1, -0.05) is 32.9 Å². The Labute approximate surface area is 152 Å². The Morgan fingerprint density at radius 2 is 1.67 bits per heavy atom. The van der Waals surface area contributed by atoms with Crippen LogP contribution in [0.5, 0.6) is 0 Å². The topological polar surface area (TPSA) is 61.6 Å². The van der Waals surface area contributed by atoms with Crippen molar-refractivity contribution < 1.29 is 4.79 Å². The van der Waals surface area contributed by atoms with Gasteiger partial charge >= 0.3 is 0 Å². The van der Waals surface area contributed by atoms with E-state index in [0.717, 1.165) is 45.0 Å². The molecule has 1 aromatic carbocycles. The highest BCUT2D eigenvalue weighted by atomic mass is 35.5. The molecule has 1 aromatic rings. The molecular weight excluding hydrogens is 324 g/mol. The lowest BCUT2D eigenvalue weighted by Gasteiger charge is -2.34. The number of rotatable bonds is 6. The van der Waals surface area contributed by atoms with Gasteiger partial charge in [0, 0.05) is 38.4 Å². The number of carbonyl (C=O) groups excluding carboxylic acids is 1. The quantitative estimate of drug-likeness (QED) is 0.821. The van der Waals surface area contributed by atoms with Gasteiger partial charge in [-0.15, -0.1) is 12.4 Å². The Morgan fingerprint density at radius 1 is 1.12 bits per heavy atom. The van der Waals surface area contributed by atoms with E-state index < -0.39 is 6.04 Å². The summed E-state index contributed by atoms with van der Waals surface area (Å²) in [5, 5.41) is 2.88. The summed E-state index contributed by atoms with van der Waals surface area (Å²) in [6.07, 6.45) is 0. The Bertz CT molecular complexity index is 498. The number of hydrogen-bond donors (Lipinski definition) is 2. The van der Waals surface area contributed by atoms with Crippen LogP contribution in [0.15, 0.2) is 24.3 Å². The number of nitrogens with one attached hydrogen (secondary N) is 1. The highest BCUT2D eigenvalue weighted by molar-refractivity contribution is 5.94. The van der Waals surface area contributed by atoms with Crippen molar-refractivity contribution >= 4 is 24.0 Å². The van der Waals surface area contributed by atoms with Gasteiger partial charge in [-0.3, -0.25) is 9.69 Å². The fourth-order valence-electron chi connectivity index (χ4n) is 2.74. The van der Waals surface area contributed by atoms with Gasteiger partial charge in [-0.05, 0) is 30.2 Å². The highest BCUT2D eigenvalue weighted by Gasteiger charge is 2.17. The van der Waals surface area contributed by atoms with Crippen molar-refractivity contribution in [3.05, 3.63) is 29.8 Å².